The van der Waals surface area contributed by atoms with Gasteiger partial charge in [0.05, 0.1) is 6.61 Å². The minimum atomic E-state index is 0.430. The van der Waals surface area contributed by atoms with Crippen LogP contribution in [0, 0.1) is 0 Å². The Morgan fingerprint density at radius 2 is 2.35 bits per heavy atom. The van der Waals surface area contributed by atoms with Crippen LogP contribution in [-0.2, 0) is 11.3 Å². The van der Waals surface area contributed by atoms with E-state index in [1.807, 2.05) is 0 Å². The van der Waals surface area contributed by atoms with Gasteiger partial charge in [-0.25, -0.2) is 4.98 Å². The molecule has 0 bridgehead atoms. The van der Waals surface area contributed by atoms with Crippen LogP contribution in [0.3, 0.4) is 0 Å². The molecule has 0 spiro atoms. The van der Waals surface area contributed by atoms with Crippen LogP contribution in [0.2, 0.25) is 10.2 Å². The summed E-state index contributed by atoms with van der Waals surface area (Å²) in [4.78, 5) is 6.46. The topological polar surface area (TPSA) is 37.4 Å². The van der Waals surface area contributed by atoms with Gasteiger partial charge in [-0.15, -0.1) is 0 Å². The highest BCUT2D eigenvalue weighted by molar-refractivity contribution is 6.34. The highest BCUT2D eigenvalue weighted by atomic mass is 35.5. The lowest BCUT2D eigenvalue weighted by Gasteiger charge is -2.25. The summed E-state index contributed by atoms with van der Waals surface area (Å²) in [6.07, 6.45) is 4.24. The molecule has 1 atom stereocenters. The summed E-state index contributed by atoms with van der Waals surface area (Å²) in [6.45, 7) is 4.48. The van der Waals surface area contributed by atoms with Gasteiger partial charge in [-0.3, -0.25) is 4.90 Å². The quantitative estimate of drug-likeness (QED) is 0.784. The molecule has 112 valence electrons. The lowest BCUT2D eigenvalue weighted by Crippen LogP contribution is -2.38. The van der Waals surface area contributed by atoms with Gasteiger partial charge in [-0.1, -0.05) is 23.2 Å². The van der Waals surface area contributed by atoms with Crippen molar-refractivity contribution in [1.29, 1.82) is 0 Å². The Bertz CT molecular complexity index is 425. The number of methoxy groups -OCH3 is 1. The first-order valence-corrected chi connectivity index (χ1v) is 7.69. The molecular weight excluding hydrogens is 297 g/mol. The van der Waals surface area contributed by atoms with E-state index in [-0.39, 0.29) is 0 Å². The van der Waals surface area contributed by atoms with Gasteiger partial charge in [0.25, 0.3) is 0 Å². The molecule has 1 aliphatic rings. The highest BCUT2D eigenvalue weighted by Gasteiger charge is 2.18. The first-order chi connectivity index (χ1) is 9.69. The van der Waals surface area contributed by atoms with E-state index in [4.69, 9.17) is 27.9 Å². The van der Waals surface area contributed by atoms with Crippen LogP contribution in [0.5, 0.6) is 0 Å². The van der Waals surface area contributed by atoms with Crippen LogP contribution in [0.15, 0.2) is 12.3 Å². The van der Waals surface area contributed by atoms with Crippen molar-refractivity contribution in [2.45, 2.75) is 25.4 Å². The van der Waals surface area contributed by atoms with Crippen molar-refractivity contribution in [3.63, 3.8) is 0 Å². The number of ether oxygens (including phenoxy) is 1. The van der Waals surface area contributed by atoms with Crippen LogP contribution in [0.1, 0.15) is 18.4 Å². The number of rotatable bonds is 7. The predicted molar refractivity (Wildman–Crippen MR) is 82.4 cm³/mol. The molecule has 0 saturated carbocycles. The fourth-order valence-corrected chi connectivity index (χ4v) is 2.90. The van der Waals surface area contributed by atoms with Crippen LogP contribution in [-0.4, -0.2) is 49.3 Å². The van der Waals surface area contributed by atoms with Crippen LogP contribution < -0.4 is 5.32 Å². The van der Waals surface area contributed by atoms with Gasteiger partial charge in [-0.2, -0.15) is 0 Å². The number of hydrogen-bond donors (Lipinski definition) is 1. The first-order valence-electron chi connectivity index (χ1n) is 6.93. The molecule has 2 heterocycles. The first kappa shape index (κ1) is 16.0. The molecule has 1 N–H and O–H groups in total. The summed E-state index contributed by atoms with van der Waals surface area (Å²) in [5, 5.41) is 4.62. The lowest BCUT2D eigenvalue weighted by atomic mass is 10.2. The van der Waals surface area contributed by atoms with Gasteiger partial charge in [0, 0.05) is 49.6 Å². The van der Waals surface area contributed by atoms with Crippen LogP contribution in [0.25, 0.3) is 0 Å². The average molecular weight is 318 g/mol. The second-order valence-electron chi connectivity index (χ2n) is 5.12. The zero-order chi connectivity index (χ0) is 14.4. The number of pyridine rings is 1. The normalized spacial score (nSPS) is 18.9. The van der Waals surface area contributed by atoms with Gasteiger partial charge >= 0.3 is 0 Å². The Balaban J connectivity index is 1.97. The standard InChI is InChI=1S/C14H21Cl2N3O/c1-20-6-5-19(10-12-3-2-4-17-12)9-11-8-18-14(16)7-13(11)15/h7-8,12,17H,2-6,9-10H2,1H3. The number of nitrogens with zero attached hydrogens (tertiary/aromatic N) is 2. The van der Waals surface area contributed by atoms with Gasteiger partial charge in [0.15, 0.2) is 0 Å². The van der Waals surface area contributed by atoms with Crippen LogP contribution in [0.4, 0.5) is 0 Å². The third kappa shape index (κ3) is 4.86. The third-order valence-electron chi connectivity index (χ3n) is 3.54. The van der Waals surface area contributed by atoms with Crippen LogP contribution >= 0.6 is 23.2 Å². The molecule has 1 unspecified atom stereocenters. The maximum Gasteiger partial charge on any atom is 0.130 e. The second-order valence-corrected chi connectivity index (χ2v) is 5.91. The number of hydrogen-bond acceptors (Lipinski definition) is 4. The molecule has 1 aliphatic heterocycles. The molecule has 20 heavy (non-hydrogen) atoms. The van der Waals surface area contributed by atoms with Crippen molar-refractivity contribution in [3.05, 3.63) is 28.0 Å². The Hall–Kier alpha value is -0.390. The highest BCUT2D eigenvalue weighted by Crippen LogP contribution is 2.20. The Kier molecular flexibility index (Phi) is 6.52. The summed E-state index contributed by atoms with van der Waals surface area (Å²) in [6, 6.07) is 2.26. The van der Waals surface area contributed by atoms with Crippen molar-refractivity contribution in [1.82, 2.24) is 15.2 Å². The van der Waals surface area contributed by atoms with E-state index in [0.717, 1.165) is 31.7 Å². The summed E-state index contributed by atoms with van der Waals surface area (Å²) in [5.74, 6) is 0. The molecule has 0 aromatic carbocycles. The van der Waals surface area contributed by atoms with Crippen molar-refractivity contribution in [2.75, 3.05) is 33.4 Å². The predicted octanol–water partition coefficient (Wildman–Crippen LogP) is 2.59. The third-order valence-corrected chi connectivity index (χ3v) is 4.10. The van der Waals surface area contributed by atoms with Crippen molar-refractivity contribution in [2.24, 2.45) is 0 Å². The molecule has 0 aliphatic carbocycles. The molecule has 0 radical (unpaired) electrons. The maximum atomic E-state index is 6.23. The smallest absolute Gasteiger partial charge is 0.130 e. The van der Waals surface area contributed by atoms with E-state index in [1.165, 1.54) is 12.8 Å². The number of halogens is 2. The Morgan fingerprint density at radius 3 is 3.00 bits per heavy atom. The van der Waals surface area contributed by atoms with E-state index in [1.54, 1.807) is 19.4 Å². The fourth-order valence-electron chi connectivity index (χ4n) is 2.47. The zero-order valence-electron chi connectivity index (χ0n) is 11.7. The Labute approximate surface area is 130 Å². The molecular formula is C14H21Cl2N3O. The summed E-state index contributed by atoms with van der Waals surface area (Å²) in [5.41, 5.74) is 1.00. The largest absolute Gasteiger partial charge is 0.383 e. The summed E-state index contributed by atoms with van der Waals surface area (Å²) in [7, 11) is 1.73. The maximum absolute atomic E-state index is 6.23. The SMILES string of the molecule is COCCN(Cc1cnc(Cl)cc1Cl)CC1CCCN1. The van der Waals surface area contributed by atoms with Gasteiger partial charge < -0.3 is 10.1 Å². The van der Waals surface area contributed by atoms with E-state index in [0.29, 0.717) is 22.8 Å². The molecule has 1 saturated heterocycles. The summed E-state index contributed by atoms with van der Waals surface area (Å²) < 4.78 is 5.19. The minimum Gasteiger partial charge on any atom is -0.383 e. The van der Waals surface area contributed by atoms with E-state index in [2.05, 4.69) is 15.2 Å². The summed E-state index contributed by atoms with van der Waals surface area (Å²) >= 11 is 12.1. The van der Waals surface area contributed by atoms with Gasteiger partial charge in [0.1, 0.15) is 5.15 Å². The number of nitrogens with one attached hydrogen (secondary N) is 1. The molecule has 1 aromatic heterocycles. The molecule has 6 heteroatoms. The van der Waals surface area contributed by atoms with E-state index < -0.39 is 0 Å². The van der Waals surface area contributed by atoms with Crippen molar-refractivity contribution in [3.8, 4) is 0 Å². The molecule has 1 aromatic rings. The van der Waals surface area contributed by atoms with E-state index in [9.17, 15) is 0 Å². The van der Waals surface area contributed by atoms with E-state index >= 15 is 0 Å². The monoisotopic (exact) mass is 317 g/mol. The molecule has 1 fully saturated rings. The van der Waals surface area contributed by atoms with Gasteiger partial charge in [-0.05, 0) is 25.5 Å². The molecule has 0 amide bonds. The Morgan fingerprint density at radius 1 is 1.50 bits per heavy atom. The average Bonchev–Trinajstić information content (AvgIpc) is 2.92. The van der Waals surface area contributed by atoms with Crippen molar-refractivity contribution >= 4 is 23.2 Å². The van der Waals surface area contributed by atoms with Crippen molar-refractivity contribution < 1.29 is 4.74 Å². The lowest BCUT2D eigenvalue weighted by molar-refractivity contribution is 0.138. The minimum absolute atomic E-state index is 0.430. The number of aromatic nitrogens is 1. The van der Waals surface area contributed by atoms with Gasteiger partial charge in [0.2, 0.25) is 0 Å². The molecule has 4 nitrogen and oxygen atoms in total. The fraction of sp³-hybridized carbons (Fsp3) is 0.643. The molecule has 2 rings (SSSR count). The second kappa shape index (κ2) is 8.15. The zero-order valence-corrected chi connectivity index (χ0v) is 13.3.